The molecule has 3 amide bonds. The summed E-state index contributed by atoms with van der Waals surface area (Å²) in [5.74, 6) is -0.940. The smallest absolute Gasteiger partial charge is 0.255 e. The third kappa shape index (κ3) is 3.21. The molecule has 0 bridgehead atoms. The summed E-state index contributed by atoms with van der Waals surface area (Å²) >= 11 is 0. The first-order valence-electron chi connectivity index (χ1n) is 8.87. The number of nitrogens with zero attached hydrogens (tertiary/aromatic N) is 4. The largest absolute Gasteiger partial charge is 0.396 e. The molecule has 0 spiro atoms. The van der Waals surface area contributed by atoms with Gasteiger partial charge in [-0.1, -0.05) is 11.3 Å². The van der Waals surface area contributed by atoms with E-state index in [2.05, 4.69) is 15.6 Å². The maximum absolute atomic E-state index is 12.8. The van der Waals surface area contributed by atoms with Crippen LogP contribution in [0.1, 0.15) is 40.9 Å². The maximum atomic E-state index is 12.8. The number of carbonyl (C=O) groups is 3. The molecule has 2 aliphatic heterocycles. The summed E-state index contributed by atoms with van der Waals surface area (Å²) in [6, 6.07) is 4.82. The Hall–Kier alpha value is -3.07. The predicted molar refractivity (Wildman–Crippen MR) is 92.8 cm³/mol. The lowest BCUT2D eigenvalue weighted by Gasteiger charge is -2.29. The Morgan fingerprint density at radius 1 is 1.26 bits per heavy atom. The Labute approximate surface area is 155 Å². The Morgan fingerprint density at radius 2 is 2.11 bits per heavy atom. The minimum atomic E-state index is -0.623. The molecule has 0 radical (unpaired) electrons. The van der Waals surface area contributed by atoms with Crippen molar-refractivity contribution in [1.82, 2.24) is 25.2 Å². The molecule has 1 atom stereocenters. The van der Waals surface area contributed by atoms with E-state index < -0.39 is 11.9 Å². The van der Waals surface area contributed by atoms with Gasteiger partial charge in [-0.2, -0.15) is 0 Å². The average molecular weight is 369 g/mol. The fourth-order valence-corrected chi connectivity index (χ4v) is 3.48. The summed E-state index contributed by atoms with van der Waals surface area (Å²) < 4.78 is 1.59. The minimum absolute atomic E-state index is 0.0936. The van der Waals surface area contributed by atoms with Gasteiger partial charge in [0.05, 0.1) is 17.6 Å². The van der Waals surface area contributed by atoms with Gasteiger partial charge in [0.1, 0.15) is 6.04 Å². The molecule has 0 aliphatic carbocycles. The van der Waals surface area contributed by atoms with Crippen LogP contribution in [0, 0.1) is 0 Å². The van der Waals surface area contributed by atoms with Crippen LogP contribution in [0.15, 0.2) is 24.4 Å². The van der Waals surface area contributed by atoms with Gasteiger partial charge in [-0.3, -0.25) is 19.7 Å². The second-order valence-corrected chi connectivity index (χ2v) is 6.72. The predicted octanol–water partition coefficient (Wildman–Crippen LogP) is -0.0468. The van der Waals surface area contributed by atoms with Gasteiger partial charge in [-0.25, -0.2) is 4.68 Å². The van der Waals surface area contributed by atoms with Gasteiger partial charge in [0.15, 0.2) is 0 Å². The topological polar surface area (TPSA) is 117 Å². The normalized spacial score (nSPS) is 19.4. The number of rotatable bonds is 5. The van der Waals surface area contributed by atoms with Crippen molar-refractivity contribution in [2.45, 2.75) is 38.3 Å². The fourth-order valence-electron chi connectivity index (χ4n) is 3.48. The highest BCUT2D eigenvalue weighted by molar-refractivity contribution is 6.05. The fraction of sp³-hybridized carbons (Fsp3) is 0.389. The number of fused-ring (bicyclic) bond motifs is 1. The summed E-state index contributed by atoms with van der Waals surface area (Å²) in [6.07, 6.45) is 3.59. The molecule has 140 valence electrons. The zero-order chi connectivity index (χ0) is 19.0. The first-order valence-corrected chi connectivity index (χ1v) is 8.87. The molecule has 2 aliphatic rings. The van der Waals surface area contributed by atoms with Crippen LogP contribution < -0.4 is 5.32 Å². The molecule has 1 unspecified atom stereocenters. The van der Waals surface area contributed by atoms with Crippen LogP contribution in [-0.4, -0.2) is 55.4 Å². The van der Waals surface area contributed by atoms with Crippen LogP contribution in [0.25, 0.3) is 5.69 Å². The molecule has 1 aromatic heterocycles. The van der Waals surface area contributed by atoms with E-state index in [-0.39, 0.29) is 24.8 Å². The summed E-state index contributed by atoms with van der Waals surface area (Å²) in [7, 11) is 0. The van der Waals surface area contributed by atoms with E-state index in [1.54, 1.807) is 16.9 Å². The quantitative estimate of drug-likeness (QED) is 0.714. The Kier molecular flexibility index (Phi) is 4.44. The van der Waals surface area contributed by atoms with E-state index in [9.17, 15) is 14.4 Å². The Morgan fingerprint density at radius 3 is 2.89 bits per heavy atom. The number of aryl methyl sites for hydroxylation is 1. The number of benzene rings is 1. The first-order chi connectivity index (χ1) is 13.1. The highest BCUT2D eigenvalue weighted by Crippen LogP contribution is 2.29. The lowest BCUT2D eigenvalue weighted by molar-refractivity contribution is -0.136. The van der Waals surface area contributed by atoms with Gasteiger partial charge in [-0.15, -0.1) is 5.10 Å². The lowest BCUT2D eigenvalue weighted by atomic mass is 10.0. The molecule has 4 rings (SSSR count). The number of hydrogen-bond donors (Lipinski definition) is 2. The number of aliphatic hydroxyl groups excluding tert-OH is 1. The zero-order valence-corrected chi connectivity index (χ0v) is 14.6. The van der Waals surface area contributed by atoms with Gasteiger partial charge in [0, 0.05) is 25.1 Å². The van der Waals surface area contributed by atoms with Crippen molar-refractivity contribution in [2.24, 2.45) is 0 Å². The van der Waals surface area contributed by atoms with Crippen LogP contribution in [-0.2, 0) is 22.6 Å². The van der Waals surface area contributed by atoms with E-state index in [1.807, 2.05) is 12.1 Å². The number of carbonyl (C=O) groups excluding carboxylic acids is 3. The zero-order valence-electron chi connectivity index (χ0n) is 14.6. The van der Waals surface area contributed by atoms with Crippen molar-refractivity contribution in [3.05, 3.63) is 41.2 Å². The number of aromatic nitrogens is 3. The maximum Gasteiger partial charge on any atom is 0.255 e. The van der Waals surface area contributed by atoms with Crippen LogP contribution in [0.5, 0.6) is 0 Å². The molecule has 1 fully saturated rings. The van der Waals surface area contributed by atoms with E-state index in [0.717, 1.165) is 11.3 Å². The number of hydrogen-bond acceptors (Lipinski definition) is 6. The van der Waals surface area contributed by atoms with Crippen molar-refractivity contribution < 1.29 is 19.5 Å². The van der Waals surface area contributed by atoms with Gasteiger partial charge in [-0.05, 0) is 37.0 Å². The lowest BCUT2D eigenvalue weighted by Crippen LogP contribution is -2.52. The van der Waals surface area contributed by atoms with Crippen molar-refractivity contribution in [3.63, 3.8) is 0 Å². The number of amides is 3. The Balaban J connectivity index is 1.55. The van der Waals surface area contributed by atoms with E-state index in [1.165, 1.54) is 4.90 Å². The molecule has 9 heteroatoms. The van der Waals surface area contributed by atoms with Crippen molar-refractivity contribution in [1.29, 1.82) is 0 Å². The molecular formula is C18H19N5O4. The molecule has 27 heavy (non-hydrogen) atoms. The monoisotopic (exact) mass is 369 g/mol. The van der Waals surface area contributed by atoms with E-state index in [0.29, 0.717) is 37.1 Å². The summed E-state index contributed by atoms with van der Waals surface area (Å²) in [6.45, 7) is 0.441. The standard InChI is InChI=1S/C18H19N5O4/c24-7-1-2-12-10-23(21-20-12)13-4-3-11-9-22(18(27)14(11)8-13)15-5-6-16(25)19-17(15)26/h3-4,8,10,15,24H,1-2,5-7,9H2,(H,19,25,26). The molecule has 2 N–H and O–H groups in total. The SMILES string of the molecule is O=C1CCC(N2Cc3ccc(-n4cc(CCCO)nn4)cc3C2=O)C(=O)N1. The molecule has 0 saturated carbocycles. The van der Waals surface area contributed by atoms with Crippen molar-refractivity contribution >= 4 is 17.7 Å². The average Bonchev–Trinajstić information content (AvgIpc) is 3.25. The molecular weight excluding hydrogens is 350 g/mol. The molecule has 3 heterocycles. The molecule has 1 saturated heterocycles. The van der Waals surface area contributed by atoms with Crippen LogP contribution in [0.3, 0.4) is 0 Å². The number of imide groups is 1. The van der Waals surface area contributed by atoms with Gasteiger partial charge in [0.25, 0.3) is 5.91 Å². The second-order valence-electron chi connectivity index (χ2n) is 6.72. The van der Waals surface area contributed by atoms with Crippen LogP contribution >= 0.6 is 0 Å². The van der Waals surface area contributed by atoms with Crippen LogP contribution in [0.4, 0.5) is 0 Å². The number of piperidine rings is 1. The summed E-state index contributed by atoms with van der Waals surface area (Å²) in [5, 5.41) is 19.4. The van der Waals surface area contributed by atoms with Crippen molar-refractivity contribution in [3.8, 4) is 5.69 Å². The third-order valence-electron chi connectivity index (χ3n) is 4.91. The molecule has 9 nitrogen and oxygen atoms in total. The van der Waals surface area contributed by atoms with Gasteiger partial charge < -0.3 is 10.0 Å². The number of aliphatic hydroxyl groups is 1. The highest BCUT2D eigenvalue weighted by atomic mass is 16.3. The minimum Gasteiger partial charge on any atom is -0.396 e. The Bertz CT molecular complexity index is 922. The third-order valence-corrected chi connectivity index (χ3v) is 4.91. The van der Waals surface area contributed by atoms with Crippen LogP contribution in [0.2, 0.25) is 0 Å². The van der Waals surface area contributed by atoms with E-state index in [4.69, 9.17) is 5.11 Å². The summed E-state index contributed by atoms with van der Waals surface area (Å²) in [5.41, 5.74) is 2.84. The van der Waals surface area contributed by atoms with Crippen molar-refractivity contribution in [2.75, 3.05) is 6.61 Å². The molecule has 2 aromatic rings. The molecule has 1 aromatic carbocycles. The number of nitrogens with one attached hydrogen (secondary N) is 1. The van der Waals surface area contributed by atoms with Gasteiger partial charge >= 0.3 is 0 Å². The second kappa shape index (κ2) is 6.92. The summed E-state index contributed by atoms with van der Waals surface area (Å²) in [4.78, 5) is 37.8. The van der Waals surface area contributed by atoms with E-state index >= 15 is 0 Å². The highest BCUT2D eigenvalue weighted by Gasteiger charge is 2.39. The van der Waals surface area contributed by atoms with Gasteiger partial charge in [0.2, 0.25) is 11.8 Å². The first kappa shape index (κ1) is 17.3.